The van der Waals surface area contributed by atoms with Gasteiger partial charge in [-0.1, -0.05) is 36.8 Å². The lowest BCUT2D eigenvalue weighted by Gasteiger charge is -2.34. The Hall–Kier alpha value is -2.08. The Kier molecular flexibility index (Phi) is 8.35. The molecule has 172 valence electrons. The molecule has 1 unspecified atom stereocenters. The predicted octanol–water partition coefficient (Wildman–Crippen LogP) is 3.94. The lowest BCUT2D eigenvalue weighted by atomic mass is 10.0. The number of carbonyl (C=O) groups is 2. The highest BCUT2D eigenvalue weighted by molar-refractivity contribution is 5.78. The third-order valence-corrected chi connectivity index (χ3v) is 6.08. The summed E-state index contributed by atoms with van der Waals surface area (Å²) >= 11 is 0. The number of piperidine rings is 1. The van der Waals surface area contributed by atoms with Crippen molar-refractivity contribution in [3.8, 4) is 0 Å². The van der Waals surface area contributed by atoms with Crippen LogP contribution in [0.4, 0.5) is 4.79 Å². The number of carbonyl (C=O) groups excluding carboxylic acids is 2. The van der Waals surface area contributed by atoms with Crippen molar-refractivity contribution in [1.29, 1.82) is 0 Å². The standard InChI is InChI=1S/C25H39N3O3/c1-25(2,3)31-24(30)28-18-13-23(29)27(17-10-16-26-14-8-5-9-15-26)20-22(28)19-21-11-6-4-7-12-21/h4,6-7,11-12,22H,5,8-10,13-20H2,1-3H3. The average molecular weight is 430 g/mol. The van der Waals surface area contributed by atoms with Crippen molar-refractivity contribution in [2.45, 2.75) is 70.9 Å². The molecule has 0 saturated carbocycles. The van der Waals surface area contributed by atoms with Gasteiger partial charge >= 0.3 is 6.09 Å². The monoisotopic (exact) mass is 429 g/mol. The molecule has 31 heavy (non-hydrogen) atoms. The number of nitrogens with zero attached hydrogens (tertiary/aromatic N) is 3. The molecular formula is C25H39N3O3. The van der Waals surface area contributed by atoms with Crippen molar-refractivity contribution < 1.29 is 14.3 Å². The molecular weight excluding hydrogens is 390 g/mol. The molecule has 6 nitrogen and oxygen atoms in total. The molecule has 2 aliphatic rings. The summed E-state index contributed by atoms with van der Waals surface area (Å²) in [6, 6.07) is 10.1. The predicted molar refractivity (Wildman–Crippen MR) is 123 cm³/mol. The molecule has 1 aromatic rings. The maximum Gasteiger partial charge on any atom is 0.410 e. The quantitative estimate of drug-likeness (QED) is 0.687. The zero-order valence-corrected chi connectivity index (χ0v) is 19.5. The minimum Gasteiger partial charge on any atom is -0.444 e. The van der Waals surface area contributed by atoms with Crippen LogP contribution in [0.25, 0.3) is 0 Å². The first-order valence-corrected chi connectivity index (χ1v) is 11.9. The Morgan fingerprint density at radius 1 is 1.03 bits per heavy atom. The van der Waals surface area contributed by atoms with E-state index in [9.17, 15) is 9.59 Å². The second-order valence-corrected chi connectivity index (χ2v) is 9.86. The van der Waals surface area contributed by atoms with E-state index >= 15 is 0 Å². The summed E-state index contributed by atoms with van der Waals surface area (Å²) in [4.78, 5) is 32.1. The molecule has 0 radical (unpaired) electrons. The first-order valence-electron chi connectivity index (χ1n) is 11.9. The SMILES string of the molecule is CC(C)(C)OC(=O)N1CCC(=O)N(CCCN2CCCCC2)CC1Cc1ccccc1. The minimum atomic E-state index is -0.557. The van der Waals surface area contributed by atoms with Gasteiger partial charge in [0.1, 0.15) is 5.60 Å². The van der Waals surface area contributed by atoms with E-state index < -0.39 is 5.60 Å². The maximum atomic E-state index is 13.0. The van der Waals surface area contributed by atoms with Crippen molar-refractivity contribution >= 4 is 12.0 Å². The summed E-state index contributed by atoms with van der Waals surface area (Å²) in [6.07, 6.45) is 5.64. The lowest BCUT2D eigenvalue weighted by Crippen LogP contribution is -2.48. The van der Waals surface area contributed by atoms with E-state index in [1.165, 1.54) is 37.9 Å². The highest BCUT2D eigenvalue weighted by Crippen LogP contribution is 2.20. The van der Waals surface area contributed by atoms with Gasteiger partial charge in [0.05, 0.1) is 6.04 Å². The van der Waals surface area contributed by atoms with Gasteiger partial charge in [0.2, 0.25) is 5.91 Å². The topological polar surface area (TPSA) is 53.1 Å². The van der Waals surface area contributed by atoms with Gasteiger partial charge in [-0.05, 0) is 71.7 Å². The van der Waals surface area contributed by atoms with Crippen molar-refractivity contribution in [1.82, 2.24) is 14.7 Å². The second kappa shape index (κ2) is 11.0. The fraction of sp³-hybridized carbons (Fsp3) is 0.680. The first kappa shape index (κ1) is 23.6. The van der Waals surface area contributed by atoms with Gasteiger partial charge in [-0.15, -0.1) is 0 Å². The lowest BCUT2D eigenvalue weighted by molar-refractivity contribution is -0.130. The molecule has 0 spiro atoms. The first-order chi connectivity index (χ1) is 14.8. The van der Waals surface area contributed by atoms with Gasteiger partial charge < -0.3 is 19.4 Å². The second-order valence-electron chi connectivity index (χ2n) is 9.86. The molecule has 2 heterocycles. The van der Waals surface area contributed by atoms with E-state index in [2.05, 4.69) is 17.0 Å². The summed E-state index contributed by atoms with van der Waals surface area (Å²) in [5.74, 6) is 0.141. The summed E-state index contributed by atoms with van der Waals surface area (Å²) in [6.45, 7) is 10.8. The van der Waals surface area contributed by atoms with Gasteiger partial charge in [-0.2, -0.15) is 0 Å². The largest absolute Gasteiger partial charge is 0.444 e. The van der Waals surface area contributed by atoms with Crippen LogP contribution in [0.3, 0.4) is 0 Å². The number of benzene rings is 1. The van der Waals surface area contributed by atoms with Gasteiger partial charge in [0.15, 0.2) is 0 Å². The van der Waals surface area contributed by atoms with Crippen molar-refractivity contribution in [3.05, 3.63) is 35.9 Å². The molecule has 6 heteroatoms. The maximum absolute atomic E-state index is 13.0. The van der Waals surface area contributed by atoms with Gasteiger partial charge in [-0.3, -0.25) is 4.79 Å². The molecule has 2 saturated heterocycles. The average Bonchev–Trinajstić information content (AvgIpc) is 2.87. The van der Waals surface area contributed by atoms with E-state index in [4.69, 9.17) is 4.74 Å². The van der Waals surface area contributed by atoms with Gasteiger partial charge in [0.25, 0.3) is 0 Å². The van der Waals surface area contributed by atoms with Crippen molar-refractivity contribution in [3.63, 3.8) is 0 Å². The summed E-state index contributed by atoms with van der Waals surface area (Å²) < 4.78 is 5.68. The molecule has 3 rings (SSSR count). The van der Waals surface area contributed by atoms with Crippen LogP contribution < -0.4 is 0 Å². The molecule has 0 aliphatic carbocycles. The molecule has 2 aliphatic heterocycles. The summed E-state index contributed by atoms with van der Waals surface area (Å²) in [5, 5.41) is 0. The molecule has 0 N–H and O–H groups in total. The van der Waals surface area contributed by atoms with E-state index in [0.29, 0.717) is 19.5 Å². The zero-order chi connectivity index (χ0) is 22.3. The minimum absolute atomic E-state index is 0.0845. The van der Waals surface area contributed by atoms with Crippen molar-refractivity contribution in [2.75, 3.05) is 39.3 Å². The Morgan fingerprint density at radius 3 is 2.42 bits per heavy atom. The third kappa shape index (κ3) is 7.53. The van der Waals surface area contributed by atoms with E-state index in [0.717, 1.165) is 25.9 Å². The number of hydrogen-bond acceptors (Lipinski definition) is 4. The van der Waals surface area contributed by atoms with Crippen LogP contribution in [0.1, 0.15) is 58.4 Å². The Labute approximate surface area is 187 Å². The van der Waals surface area contributed by atoms with E-state index in [1.807, 2.05) is 43.9 Å². The Bertz CT molecular complexity index is 710. The van der Waals surface area contributed by atoms with Gasteiger partial charge in [-0.25, -0.2) is 4.79 Å². The summed E-state index contributed by atoms with van der Waals surface area (Å²) in [5.41, 5.74) is 0.613. The number of ether oxygens (including phenoxy) is 1. The van der Waals surface area contributed by atoms with Gasteiger partial charge in [0, 0.05) is 26.1 Å². The molecule has 1 atom stereocenters. The summed E-state index contributed by atoms with van der Waals surface area (Å²) in [7, 11) is 0. The van der Waals surface area contributed by atoms with Crippen LogP contribution in [0, 0.1) is 0 Å². The number of rotatable bonds is 6. The highest BCUT2D eigenvalue weighted by Gasteiger charge is 2.34. The molecule has 2 fully saturated rings. The Morgan fingerprint density at radius 2 is 1.74 bits per heavy atom. The molecule has 0 aromatic heterocycles. The van der Waals surface area contributed by atoms with Crippen LogP contribution in [-0.2, 0) is 16.0 Å². The van der Waals surface area contributed by atoms with E-state index in [-0.39, 0.29) is 18.0 Å². The number of hydrogen-bond donors (Lipinski definition) is 0. The highest BCUT2D eigenvalue weighted by atomic mass is 16.6. The smallest absolute Gasteiger partial charge is 0.410 e. The fourth-order valence-electron chi connectivity index (χ4n) is 4.52. The van der Waals surface area contributed by atoms with Crippen LogP contribution in [0.15, 0.2) is 30.3 Å². The van der Waals surface area contributed by atoms with Crippen LogP contribution in [0.5, 0.6) is 0 Å². The fourth-order valence-corrected chi connectivity index (χ4v) is 4.52. The normalized spacial score (nSPS) is 21.1. The van der Waals surface area contributed by atoms with Crippen molar-refractivity contribution in [2.24, 2.45) is 0 Å². The van der Waals surface area contributed by atoms with Crippen LogP contribution >= 0.6 is 0 Å². The molecule has 1 aromatic carbocycles. The zero-order valence-electron chi connectivity index (χ0n) is 19.5. The van der Waals surface area contributed by atoms with Crippen LogP contribution in [-0.4, -0.2) is 77.6 Å². The third-order valence-electron chi connectivity index (χ3n) is 6.08. The number of likely N-dealkylation sites (tertiary alicyclic amines) is 1. The Balaban J connectivity index is 1.67. The van der Waals surface area contributed by atoms with E-state index in [1.54, 1.807) is 4.90 Å². The molecule has 0 bridgehead atoms. The van der Waals surface area contributed by atoms with Crippen LogP contribution in [0.2, 0.25) is 0 Å². The number of amides is 2. The molecule has 2 amide bonds.